The molecule has 0 atom stereocenters. The maximum absolute atomic E-state index is 3.84. The smallest absolute Gasteiger partial charge is 0.0468 e. The quantitative estimate of drug-likeness (QED) is 0.393. The van der Waals surface area contributed by atoms with Crippen LogP contribution in [0.5, 0.6) is 0 Å². The van der Waals surface area contributed by atoms with Crippen LogP contribution < -0.4 is 4.90 Å². The van der Waals surface area contributed by atoms with Gasteiger partial charge in [-0.05, 0) is 52.7 Å². The summed E-state index contributed by atoms with van der Waals surface area (Å²) in [5.41, 5.74) is 4.54. The molecule has 0 aliphatic carbocycles. The predicted octanol–water partition coefficient (Wildman–Crippen LogP) is 6.95. The van der Waals surface area contributed by atoms with Crippen LogP contribution in [0.4, 0.5) is 17.1 Å². The van der Waals surface area contributed by atoms with Crippen LogP contribution in [-0.2, 0) is 0 Å². The second-order valence-corrected chi connectivity index (χ2v) is 6.00. The van der Waals surface area contributed by atoms with Crippen LogP contribution in [0.25, 0.3) is 16.8 Å². The number of nitrogens with zero attached hydrogens (tertiary/aromatic N) is 1. The van der Waals surface area contributed by atoms with Crippen molar-refractivity contribution < 1.29 is 0 Å². The van der Waals surface area contributed by atoms with E-state index in [1.54, 1.807) is 0 Å². The van der Waals surface area contributed by atoms with Crippen LogP contribution in [-0.4, -0.2) is 0 Å². The average molecular weight is 321 g/mol. The summed E-state index contributed by atoms with van der Waals surface area (Å²) in [6, 6.07) is 34.0. The fourth-order valence-electron chi connectivity index (χ4n) is 3.10. The lowest BCUT2D eigenvalue weighted by atomic mass is 10.1. The highest BCUT2D eigenvalue weighted by Gasteiger charge is 2.12. The van der Waals surface area contributed by atoms with E-state index in [-0.39, 0.29) is 0 Å². The first-order chi connectivity index (χ1) is 12.3. The lowest BCUT2D eigenvalue weighted by molar-refractivity contribution is 1.29. The van der Waals surface area contributed by atoms with Crippen molar-refractivity contribution in [2.24, 2.45) is 0 Å². The molecule has 0 spiro atoms. The van der Waals surface area contributed by atoms with Crippen molar-refractivity contribution in [3.63, 3.8) is 0 Å². The van der Waals surface area contributed by atoms with E-state index in [0.29, 0.717) is 0 Å². The molecule has 0 aromatic heterocycles. The first-order valence-corrected chi connectivity index (χ1v) is 8.42. The summed E-state index contributed by atoms with van der Waals surface area (Å²) in [4.78, 5) is 2.28. The van der Waals surface area contributed by atoms with Gasteiger partial charge in [-0.25, -0.2) is 0 Å². The number of fused-ring (bicyclic) bond motifs is 1. The van der Waals surface area contributed by atoms with E-state index >= 15 is 0 Å². The Morgan fingerprint density at radius 3 is 1.88 bits per heavy atom. The van der Waals surface area contributed by atoms with Gasteiger partial charge in [0.25, 0.3) is 0 Å². The van der Waals surface area contributed by atoms with Crippen molar-refractivity contribution in [2.75, 3.05) is 4.90 Å². The highest BCUT2D eigenvalue weighted by Crippen LogP contribution is 2.35. The molecule has 0 N–H and O–H groups in total. The fourth-order valence-corrected chi connectivity index (χ4v) is 3.10. The number of anilines is 3. The minimum Gasteiger partial charge on any atom is -0.310 e. The molecular weight excluding hydrogens is 302 g/mol. The summed E-state index contributed by atoms with van der Waals surface area (Å²) < 4.78 is 0. The molecule has 0 radical (unpaired) electrons. The number of benzene rings is 4. The van der Waals surface area contributed by atoms with E-state index in [4.69, 9.17) is 0 Å². The molecule has 1 heteroatoms. The molecule has 0 aliphatic heterocycles. The van der Waals surface area contributed by atoms with Gasteiger partial charge >= 0.3 is 0 Å². The van der Waals surface area contributed by atoms with E-state index in [0.717, 1.165) is 22.6 Å². The number of rotatable bonds is 4. The Morgan fingerprint density at radius 1 is 0.560 bits per heavy atom. The average Bonchev–Trinajstić information content (AvgIpc) is 2.69. The van der Waals surface area contributed by atoms with Gasteiger partial charge in [0.1, 0.15) is 0 Å². The van der Waals surface area contributed by atoms with E-state index in [1.807, 2.05) is 12.1 Å². The zero-order valence-corrected chi connectivity index (χ0v) is 14.0. The highest BCUT2D eigenvalue weighted by atomic mass is 15.1. The Morgan fingerprint density at radius 2 is 1.16 bits per heavy atom. The maximum Gasteiger partial charge on any atom is 0.0468 e. The molecule has 0 aliphatic rings. The van der Waals surface area contributed by atoms with Crippen LogP contribution in [0.15, 0.2) is 104 Å². The van der Waals surface area contributed by atoms with Gasteiger partial charge in [-0.3, -0.25) is 0 Å². The minimum atomic E-state index is 1.12. The zero-order chi connectivity index (χ0) is 17.1. The SMILES string of the molecule is C=Cc1ccc(N(c2ccccc2)c2ccc3ccccc3c2)cc1. The molecule has 0 saturated carbocycles. The number of para-hydroxylation sites is 1. The summed E-state index contributed by atoms with van der Waals surface area (Å²) in [6.45, 7) is 3.84. The van der Waals surface area contributed by atoms with Crippen molar-refractivity contribution in [1.82, 2.24) is 0 Å². The molecule has 0 saturated heterocycles. The minimum absolute atomic E-state index is 1.12. The zero-order valence-electron chi connectivity index (χ0n) is 14.0. The van der Waals surface area contributed by atoms with Gasteiger partial charge in [0.2, 0.25) is 0 Å². The maximum atomic E-state index is 3.84. The van der Waals surface area contributed by atoms with Crippen LogP contribution in [0.2, 0.25) is 0 Å². The second kappa shape index (κ2) is 6.66. The molecule has 0 amide bonds. The fraction of sp³-hybridized carbons (Fsp3) is 0. The molecule has 0 bridgehead atoms. The van der Waals surface area contributed by atoms with Crippen LogP contribution in [0.1, 0.15) is 5.56 Å². The monoisotopic (exact) mass is 321 g/mol. The van der Waals surface area contributed by atoms with Gasteiger partial charge < -0.3 is 4.90 Å². The van der Waals surface area contributed by atoms with Crippen molar-refractivity contribution >= 4 is 33.9 Å². The first-order valence-electron chi connectivity index (χ1n) is 8.42. The Bertz CT molecular complexity index is 1000. The summed E-state index contributed by atoms with van der Waals surface area (Å²) in [5, 5.41) is 2.49. The lowest BCUT2D eigenvalue weighted by Crippen LogP contribution is -2.09. The summed E-state index contributed by atoms with van der Waals surface area (Å²) in [7, 11) is 0. The lowest BCUT2D eigenvalue weighted by Gasteiger charge is -2.26. The normalized spacial score (nSPS) is 10.6. The third-order valence-corrected chi connectivity index (χ3v) is 4.39. The third kappa shape index (κ3) is 3.05. The second-order valence-electron chi connectivity index (χ2n) is 6.00. The predicted molar refractivity (Wildman–Crippen MR) is 109 cm³/mol. The summed E-state index contributed by atoms with van der Waals surface area (Å²) in [6.07, 6.45) is 1.87. The number of hydrogen-bond acceptors (Lipinski definition) is 1. The van der Waals surface area contributed by atoms with E-state index < -0.39 is 0 Å². The third-order valence-electron chi connectivity index (χ3n) is 4.39. The molecule has 0 heterocycles. The largest absolute Gasteiger partial charge is 0.310 e. The molecule has 4 aromatic rings. The van der Waals surface area contributed by atoms with Crippen LogP contribution in [0, 0.1) is 0 Å². The van der Waals surface area contributed by atoms with Crippen LogP contribution in [0.3, 0.4) is 0 Å². The van der Waals surface area contributed by atoms with Gasteiger partial charge in [-0.2, -0.15) is 0 Å². The van der Waals surface area contributed by atoms with Gasteiger partial charge in [0.15, 0.2) is 0 Å². The molecular formula is C24H19N. The van der Waals surface area contributed by atoms with Crippen molar-refractivity contribution in [1.29, 1.82) is 0 Å². The van der Waals surface area contributed by atoms with Crippen molar-refractivity contribution in [3.05, 3.63) is 109 Å². The Labute approximate surface area is 148 Å². The molecule has 0 fully saturated rings. The van der Waals surface area contributed by atoms with Crippen molar-refractivity contribution in [3.8, 4) is 0 Å². The van der Waals surface area contributed by atoms with Gasteiger partial charge in [0, 0.05) is 17.1 Å². The topological polar surface area (TPSA) is 3.24 Å². The van der Waals surface area contributed by atoms with Gasteiger partial charge in [0.05, 0.1) is 0 Å². The van der Waals surface area contributed by atoms with E-state index in [1.165, 1.54) is 10.8 Å². The molecule has 25 heavy (non-hydrogen) atoms. The molecule has 4 aromatic carbocycles. The highest BCUT2D eigenvalue weighted by molar-refractivity contribution is 5.89. The molecule has 4 rings (SSSR count). The van der Waals surface area contributed by atoms with Crippen molar-refractivity contribution in [2.45, 2.75) is 0 Å². The molecule has 120 valence electrons. The molecule has 0 unspecified atom stereocenters. The Kier molecular flexibility index (Phi) is 4.05. The number of hydrogen-bond donors (Lipinski definition) is 0. The standard InChI is InChI=1S/C24H19N/c1-2-19-12-15-23(16-13-19)25(22-10-4-3-5-11-22)24-17-14-20-8-6-7-9-21(20)18-24/h2-18H,1H2. The van der Waals surface area contributed by atoms with E-state index in [2.05, 4.69) is 102 Å². The van der Waals surface area contributed by atoms with Crippen LogP contribution >= 0.6 is 0 Å². The Hall–Kier alpha value is -3.32. The van der Waals surface area contributed by atoms with E-state index in [9.17, 15) is 0 Å². The van der Waals surface area contributed by atoms with Gasteiger partial charge in [-0.1, -0.05) is 73.3 Å². The summed E-state index contributed by atoms with van der Waals surface area (Å²) >= 11 is 0. The Balaban J connectivity index is 1.87. The summed E-state index contributed by atoms with van der Waals surface area (Å²) in [5.74, 6) is 0. The van der Waals surface area contributed by atoms with Gasteiger partial charge in [-0.15, -0.1) is 0 Å². The molecule has 1 nitrogen and oxygen atoms in total. The first kappa shape index (κ1) is 15.2.